The fourth-order valence-corrected chi connectivity index (χ4v) is 2.01. The van der Waals surface area contributed by atoms with Gasteiger partial charge in [-0.1, -0.05) is 56.1 Å². The van der Waals surface area contributed by atoms with E-state index in [1.165, 1.54) is 11.0 Å². The van der Waals surface area contributed by atoms with Gasteiger partial charge in [-0.15, -0.1) is 11.4 Å². The average molecular weight is 306 g/mol. The molecule has 0 N–H and O–H groups in total. The lowest BCUT2D eigenvalue weighted by atomic mass is 9.58. The Kier molecular flexibility index (Phi) is 6.71. The Morgan fingerprint density at radius 3 is 2.10 bits per heavy atom. The first-order valence-electron chi connectivity index (χ1n) is 5.78. The molecule has 2 unspecified atom stereocenters. The molecular weight excluding hydrogens is 300 g/mol. The normalized spacial score (nSPS) is 25.6. The maximum absolute atomic E-state index is 5.99. The van der Waals surface area contributed by atoms with Crippen LogP contribution in [0.5, 0.6) is 0 Å². The monoisotopic (exact) mass is 306 g/mol. The SMILES string of the molecule is [B]/C=C([B])/C([B])=C(C1=CC([B])C([B])C=C1[B])\C([B])=C\Br. The van der Waals surface area contributed by atoms with Gasteiger partial charge in [-0.3, -0.25) is 0 Å². The summed E-state index contributed by atoms with van der Waals surface area (Å²) in [6.07, 6.45) is 3.35. The van der Waals surface area contributed by atoms with Crippen LogP contribution in [0.4, 0.5) is 0 Å². The molecule has 0 aromatic rings. The molecule has 2 atom stereocenters. The molecule has 1 aliphatic rings. The van der Waals surface area contributed by atoms with E-state index < -0.39 is 5.82 Å². The Bertz CT molecular complexity index is 542. The Morgan fingerprint density at radius 1 is 1.05 bits per heavy atom. The van der Waals surface area contributed by atoms with Crippen molar-refractivity contribution in [1.82, 2.24) is 0 Å². The zero-order valence-corrected chi connectivity index (χ0v) is 12.5. The standard InChI is InChI=1S/C12H6B7Br/c13-3-9(17)12(19)11(10(18)4-20)5-1-7(15)8(16)2-6(5)14/h1-4,7-8H/b9-3-,10-4-,12-11+. The zero-order chi connectivity index (χ0) is 15.4. The molecule has 0 saturated carbocycles. The van der Waals surface area contributed by atoms with Crippen molar-refractivity contribution >= 4 is 70.9 Å². The summed E-state index contributed by atoms with van der Waals surface area (Å²) in [5.74, 6) is 0.426. The molecule has 1 aliphatic carbocycles. The van der Waals surface area contributed by atoms with Crippen LogP contribution in [0.25, 0.3) is 0 Å². The molecule has 0 amide bonds. The molecule has 0 heterocycles. The molecule has 0 nitrogen and oxygen atoms in total. The fourth-order valence-electron chi connectivity index (χ4n) is 1.78. The van der Waals surface area contributed by atoms with E-state index in [2.05, 4.69) is 15.9 Å². The number of halogens is 1. The number of hydrogen-bond donors (Lipinski definition) is 0. The van der Waals surface area contributed by atoms with Crippen molar-refractivity contribution in [3.05, 3.63) is 56.1 Å². The highest BCUT2D eigenvalue weighted by Gasteiger charge is 2.19. The van der Waals surface area contributed by atoms with Crippen LogP contribution in [0.2, 0.25) is 11.6 Å². The first-order valence-corrected chi connectivity index (χ1v) is 6.69. The molecule has 0 aromatic carbocycles. The zero-order valence-electron chi connectivity index (χ0n) is 10.9. The lowest BCUT2D eigenvalue weighted by Gasteiger charge is -2.28. The van der Waals surface area contributed by atoms with Crippen molar-refractivity contribution in [3.63, 3.8) is 0 Å². The lowest BCUT2D eigenvalue weighted by Crippen LogP contribution is -2.12. The van der Waals surface area contributed by atoms with Crippen LogP contribution in [0.1, 0.15) is 0 Å². The smallest absolute Gasteiger partial charge is 0.115 e. The summed E-state index contributed by atoms with van der Waals surface area (Å²) < 4.78 is 0. The Morgan fingerprint density at radius 2 is 1.60 bits per heavy atom. The minimum Gasteiger partial charge on any atom is -0.139 e. The molecule has 82 valence electrons. The molecule has 0 saturated heterocycles. The Balaban J connectivity index is 3.50. The van der Waals surface area contributed by atoms with Gasteiger partial charge in [-0.2, -0.15) is 0 Å². The van der Waals surface area contributed by atoms with E-state index in [1.807, 2.05) is 0 Å². The third-order valence-corrected chi connectivity index (χ3v) is 3.42. The van der Waals surface area contributed by atoms with Gasteiger partial charge in [-0.25, -0.2) is 0 Å². The number of rotatable bonds is 3. The lowest BCUT2D eigenvalue weighted by molar-refractivity contribution is 1.000. The second-order valence-electron chi connectivity index (χ2n) is 4.33. The minimum atomic E-state index is -0.397. The van der Waals surface area contributed by atoms with Gasteiger partial charge in [0.25, 0.3) is 0 Å². The second-order valence-corrected chi connectivity index (χ2v) is 4.79. The highest BCUT2D eigenvalue weighted by atomic mass is 79.9. The van der Waals surface area contributed by atoms with Gasteiger partial charge in [0.05, 0.1) is 15.7 Å². The summed E-state index contributed by atoms with van der Waals surface area (Å²) >= 11 is 3.16. The van der Waals surface area contributed by atoms with E-state index in [4.69, 9.17) is 54.9 Å². The number of hydrogen-bond acceptors (Lipinski definition) is 0. The van der Waals surface area contributed by atoms with Gasteiger partial charge < -0.3 is 0 Å². The first kappa shape index (κ1) is 17.7. The fraction of sp³-hybridized carbons (Fsp3) is 0.167. The topological polar surface area (TPSA) is 0 Å². The molecule has 0 fully saturated rings. The van der Waals surface area contributed by atoms with E-state index in [9.17, 15) is 0 Å². The van der Waals surface area contributed by atoms with Gasteiger partial charge in [0.15, 0.2) is 0 Å². The van der Waals surface area contributed by atoms with Gasteiger partial charge in [0.2, 0.25) is 0 Å². The van der Waals surface area contributed by atoms with Crippen LogP contribution in [0.15, 0.2) is 56.1 Å². The number of allylic oxidation sites excluding steroid dienone is 8. The van der Waals surface area contributed by atoms with Crippen molar-refractivity contribution in [1.29, 1.82) is 0 Å². The van der Waals surface area contributed by atoms with Crippen LogP contribution >= 0.6 is 15.9 Å². The second kappa shape index (κ2) is 7.59. The van der Waals surface area contributed by atoms with E-state index >= 15 is 0 Å². The third-order valence-electron chi connectivity index (χ3n) is 2.92. The third kappa shape index (κ3) is 3.84. The summed E-state index contributed by atoms with van der Waals surface area (Å²) in [6, 6.07) is 0. The van der Waals surface area contributed by atoms with Crippen molar-refractivity contribution in [2.24, 2.45) is 0 Å². The molecule has 0 spiro atoms. The van der Waals surface area contributed by atoms with Crippen LogP contribution in [-0.2, 0) is 0 Å². The van der Waals surface area contributed by atoms with Crippen molar-refractivity contribution in [2.45, 2.75) is 11.6 Å². The maximum atomic E-state index is 5.99. The first-order chi connectivity index (χ1) is 9.33. The van der Waals surface area contributed by atoms with E-state index in [0.717, 1.165) is 0 Å². The van der Waals surface area contributed by atoms with Crippen LogP contribution < -0.4 is 0 Å². The van der Waals surface area contributed by atoms with Crippen molar-refractivity contribution in [3.8, 4) is 0 Å². The predicted molar refractivity (Wildman–Crippen MR) is 96.1 cm³/mol. The highest BCUT2D eigenvalue weighted by Crippen LogP contribution is 2.37. The molecule has 0 aromatic heterocycles. The molecule has 14 radical (unpaired) electrons. The van der Waals surface area contributed by atoms with Crippen molar-refractivity contribution < 1.29 is 0 Å². The summed E-state index contributed by atoms with van der Waals surface area (Å²) in [5.41, 5.74) is 2.21. The summed E-state index contributed by atoms with van der Waals surface area (Å²) in [4.78, 5) is 1.51. The van der Waals surface area contributed by atoms with Gasteiger partial charge in [0, 0.05) is 0 Å². The average Bonchev–Trinajstić information content (AvgIpc) is 2.43. The Hall–Kier alpha value is -0.365. The molecule has 20 heavy (non-hydrogen) atoms. The quantitative estimate of drug-likeness (QED) is 0.537. The molecule has 1 rings (SSSR count). The van der Waals surface area contributed by atoms with Gasteiger partial charge in [0.1, 0.15) is 39.2 Å². The van der Waals surface area contributed by atoms with Crippen LogP contribution in [0, 0.1) is 0 Å². The Labute approximate surface area is 138 Å². The van der Waals surface area contributed by atoms with Gasteiger partial charge in [-0.05, 0) is 16.1 Å². The maximum Gasteiger partial charge on any atom is 0.115 e. The molecule has 8 heteroatoms. The van der Waals surface area contributed by atoms with Gasteiger partial charge >= 0.3 is 0 Å². The summed E-state index contributed by atoms with van der Waals surface area (Å²) in [7, 11) is 40.8. The molecule has 0 bridgehead atoms. The summed E-state index contributed by atoms with van der Waals surface area (Å²) in [5, 5.41) is 0. The van der Waals surface area contributed by atoms with E-state index in [-0.39, 0.29) is 16.8 Å². The van der Waals surface area contributed by atoms with Crippen LogP contribution in [-0.4, -0.2) is 54.9 Å². The van der Waals surface area contributed by atoms with E-state index in [0.29, 0.717) is 22.1 Å². The molecular formula is C12H6B7Br. The van der Waals surface area contributed by atoms with Crippen LogP contribution in [0.3, 0.4) is 0 Å². The molecule has 0 aliphatic heterocycles. The largest absolute Gasteiger partial charge is 0.139 e. The minimum absolute atomic E-state index is 0.189. The van der Waals surface area contributed by atoms with Crippen molar-refractivity contribution in [2.75, 3.05) is 0 Å². The highest BCUT2D eigenvalue weighted by molar-refractivity contribution is 9.11. The van der Waals surface area contributed by atoms with E-state index in [1.54, 1.807) is 12.2 Å². The summed E-state index contributed by atoms with van der Waals surface area (Å²) in [6.45, 7) is 0. The predicted octanol–water partition coefficient (Wildman–Crippen LogP) is 0.899.